The third-order valence-electron chi connectivity index (χ3n) is 4.11. The molecule has 1 aliphatic rings. The minimum Gasteiger partial charge on any atom is -0.354 e. The van der Waals surface area contributed by atoms with Crippen LogP contribution >= 0.6 is 11.6 Å². The van der Waals surface area contributed by atoms with Crippen LogP contribution in [0.4, 0.5) is 0 Å². The van der Waals surface area contributed by atoms with Gasteiger partial charge in [-0.2, -0.15) is 0 Å². The van der Waals surface area contributed by atoms with Crippen LogP contribution in [0.2, 0.25) is 5.02 Å². The van der Waals surface area contributed by atoms with Crippen molar-refractivity contribution in [2.24, 2.45) is 0 Å². The van der Waals surface area contributed by atoms with Gasteiger partial charge in [0, 0.05) is 17.4 Å². The number of ether oxygens (including phenoxy) is 1. The Balaban J connectivity index is 1.72. The molecule has 3 nitrogen and oxygen atoms in total. The Hall–Kier alpha value is -2.10. The number of hydrogen-bond acceptors (Lipinski definition) is 2. The first kappa shape index (κ1) is 13.6. The molecule has 0 bridgehead atoms. The van der Waals surface area contributed by atoms with E-state index in [-0.39, 0.29) is 11.7 Å². The summed E-state index contributed by atoms with van der Waals surface area (Å²) in [4.78, 5) is 4.13. The van der Waals surface area contributed by atoms with E-state index in [9.17, 15) is 0 Å². The lowest BCUT2D eigenvalue weighted by Gasteiger charge is -2.15. The van der Waals surface area contributed by atoms with Gasteiger partial charge in [-0.05, 0) is 23.3 Å². The highest BCUT2D eigenvalue weighted by atomic mass is 35.5. The molecule has 1 saturated heterocycles. The number of hydrogen-bond donors (Lipinski definition) is 0. The molecule has 0 spiro atoms. The van der Waals surface area contributed by atoms with Crippen LogP contribution in [0.15, 0.2) is 73.3 Å². The summed E-state index contributed by atoms with van der Waals surface area (Å²) in [5, 5.41) is 0.735. The van der Waals surface area contributed by atoms with E-state index in [2.05, 4.69) is 21.7 Å². The van der Waals surface area contributed by atoms with Gasteiger partial charge >= 0.3 is 0 Å². The van der Waals surface area contributed by atoms with Crippen molar-refractivity contribution >= 4 is 11.6 Å². The Morgan fingerprint density at radius 3 is 2.55 bits per heavy atom. The second kappa shape index (κ2) is 5.27. The largest absolute Gasteiger partial charge is 0.354 e. The van der Waals surface area contributed by atoms with Crippen molar-refractivity contribution in [3.8, 4) is 0 Å². The van der Waals surface area contributed by atoms with Crippen LogP contribution in [0.25, 0.3) is 0 Å². The predicted molar refractivity (Wildman–Crippen MR) is 85.6 cm³/mol. The lowest BCUT2D eigenvalue weighted by molar-refractivity contribution is 0.270. The lowest BCUT2D eigenvalue weighted by atomic mass is 9.91. The standard InChI is InChI=1S/C18H15ClN2O/c19-16-8-6-15(7-9-16)18(12-21-11-10-20-13-21)17(22-18)14-4-2-1-3-5-14/h1-11,13,17H,12H2. The maximum Gasteiger partial charge on any atom is 0.142 e. The van der Waals surface area contributed by atoms with Crippen molar-refractivity contribution in [2.75, 3.05) is 0 Å². The summed E-state index contributed by atoms with van der Waals surface area (Å²) in [6.45, 7) is 0.730. The molecular formula is C18H15ClN2O. The molecule has 2 heterocycles. The highest BCUT2D eigenvalue weighted by Crippen LogP contribution is 2.58. The van der Waals surface area contributed by atoms with E-state index in [1.165, 1.54) is 5.56 Å². The summed E-state index contributed by atoms with van der Waals surface area (Å²) in [5.74, 6) is 0. The topological polar surface area (TPSA) is 30.4 Å². The van der Waals surface area contributed by atoms with Gasteiger partial charge in [0.1, 0.15) is 11.7 Å². The lowest BCUT2D eigenvalue weighted by Crippen LogP contribution is -2.18. The molecule has 2 unspecified atom stereocenters. The fraction of sp³-hybridized carbons (Fsp3) is 0.167. The van der Waals surface area contributed by atoms with Crippen molar-refractivity contribution < 1.29 is 4.74 Å². The van der Waals surface area contributed by atoms with E-state index < -0.39 is 0 Å². The Bertz CT molecular complexity index is 756. The van der Waals surface area contributed by atoms with Gasteiger partial charge in [0.2, 0.25) is 0 Å². The van der Waals surface area contributed by atoms with Crippen molar-refractivity contribution in [3.05, 3.63) is 89.5 Å². The summed E-state index contributed by atoms with van der Waals surface area (Å²) in [6, 6.07) is 18.2. The number of halogens is 1. The zero-order valence-corrected chi connectivity index (χ0v) is 12.6. The molecule has 1 aromatic heterocycles. The van der Waals surface area contributed by atoms with Crippen molar-refractivity contribution in [1.82, 2.24) is 9.55 Å². The van der Waals surface area contributed by atoms with Gasteiger partial charge < -0.3 is 9.30 Å². The van der Waals surface area contributed by atoms with Gasteiger partial charge in [-0.1, -0.05) is 54.1 Å². The number of rotatable bonds is 4. The van der Waals surface area contributed by atoms with Crippen molar-refractivity contribution in [2.45, 2.75) is 18.2 Å². The molecule has 110 valence electrons. The van der Waals surface area contributed by atoms with E-state index >= 15 is 0 Å². The maximum atomic E-state index is 6.20. The molecule has 0 amide bonds. The third kappa shape index (κ3) is 2.32. The smallest absolute Gasteiger partial charge is 0.142 e. The molecule has 0 saturated carbocycles. The van der Waals surface area contributed by atoms with Gasteiger partial charge in [-0.15, -0.1) is 0 Å². The molecule has 2 atom stereocenters. The molecule has 4 rings (SSSR count). The first-order chi connectivity index (χ1) is 10.8. The Morgan fingerprint density at radius 1 is 1.09 bits per heavy atom. The van der Waals surface area contributed by atoms with Crippen LogP contribution in [0, 0.1) is 0 Å². The molecule has 1 fully saturated rings. The van der Waals surface area contributed by atoms with Crippen LogP contribution in [0.5, 0.6) is 0 Å². The zero-order chi connectivity index (χ0) is 15.0. The molecule has 0 radical (unpaired) electrons. The van der Waals surface area contributed by atoms with Gasteiger partial charge in [-0.25, -0.2) is 4.98 Å². The Morgan fingerprint density at radius 2 is 1.86 bits per heavy atom. The van der Waals surface area contributed by atoms with Gasteiger partial charge in [0.15, 0.2) is 0 Å². The van der Waals surface area contributed by atoms with Crippen LogP contribution in [0.1, 0.15) is 17.2 Å². The highest BCUT2D eigenvalue weighted by molar-refractivity contribution is 6.30. The van der Waals surface area contributed by atoms with E-state index in [0.29, 0.717) is 0 Å². The summed E-state index contributed by atoms with van der Waals surface area (Å²) in [6.07, 6.45) is 5.62. The predicted octanol–water partition coefficient (Wildman–Crippen LogP) is 4.20. The highest BCUT2D eigenvalue weighted by Gasteiger charge is 2.58. The number of epoxide rings is 1. The molecule has 0 aliphatic carbocycles. The van der Waals surface area contributed by atoms with Crippen LogP contribution in [-0.4, -0.2) is 9.55 Å². The molecule has 3 aromatic rings. The monoisotopic (exact) mass is 310 g/mol. The molecule has 1 aliphatic heterocycles. The maximum absolute atomic E-state index is 6.20. The number of benzene rings is 2. The fourth-order valence-corrected chi connectivity index (χ4v) is 3.08. The van der Waals surface area contributed by atoms with Gasteiger partial charge in [0.05, 0.1) is 12.9 Å². The second-order valence-corrected chi connectivity index (χ2v) is 5.98. The fourth-order valence-electron chi connectivity index (χ4n) is 2.96. The second-order valence-electron chi connectivity index (χ2n) is 5.54. The van der Waals surface area contributed by atoms with Crippen molar-refractivity contribution in [1.29, 1.82) is 0 Å². The molecule has 0 N–H and O–H groups in total. The van der Waals surface area contributed by atoms with Gasteiger partial charge in [0.25, 0.3) is 0 Å². The van der Waals surface area contributed by atoms with Crippen LogP contribution in [0.3, 0.4) is 0 Å². The normalized spacial score (nSPS) is 23.4. The molecular weight excluding hydrogens is 296 g/mol. The summed E-state index contributed by atoms with van der Waals surface area (Å²) in [5.41, 5.74) is 1.98. The van der Waals surface area contributed by atoms with Gasteiger partial charge in [-0.3, -0.25) is 0 Å². The van der Waals surface area contributed by atoms with E-state index in [4.69, 9.17) is 16.3 Å². The summed E-state index contributed by atoms with van der Waals surface area (Å²) in [7, 11) is 0. The SMILES string of the molecule is Clc1ccc(C2(Cn3ccnc3)OC2c2ccccc2)cc1. The minimum atomic E-state index is -0.355. The molecule has 22 heavy (non-hydrogen) atoms. The van der Waals surface area contributed by atoms with E-state index in [1.807, 2.05) is 55.0 Å². The third-order valence-corrected chi connectivity index (χ3v) is 4.36. The molecule has 2 aromatic carbocycles. The number of aromatic nitrogens is 2. The zero-order valence-electron chi connectivity index (χ0n) is 11.9. The van der Waals surface area contributed by atoms with Crippen molar-refractivity contribution in [3.63, 3.8) is 0 Å². The quantitative estimate of drug-likeness (QED) is 0.676. The first-order valence-corrected chi connectivity index (χ1v) is 7.60. The summed E-state index contributed by atoms with van der Waals surface area (Å²) < 4.78 is 8.25. The van der Waals surface area contributed by atoms with E-state index in [1.54, 1.807) is 6.20 Å². The first-order valence-electron chi connectivity index (χ1n) is 7.22. The number of imidazole rings is 1. The van der Waals surface area contributed by atoms with E-state index in [0.717, 1.165) is 17.1 Å². The number of nitrogens with zero attached hydrogens (tertiary/aromatic N) is 2. The van der Waals surface area contributed by atoms with Crippen LogP contribution in [-0.2, 0) is 16.9 Å². The average molecular weight is 311 g/mol. The summed E-state index contributed by atoms with van der Waals surface area (Å²) >= 11 is 6.02. The Kier molecular flexibility index (Phi) is 3.25. The minimum absolute atomic E-state index is 0.0530. The van der Waals surface area contributed by atoms with Crippen LogP contribution < -0.4 is 0 Å². The Labute approximate surface area is 134 Å². The average Bonchev–Trinajstić information content (AvgIpc) is 3.04. The molecule has 4 heteroatoms.